The summed E-state index contributed by atoms with van der Waals surface area (Å²) in [5, 5.41) is 8.63. The van der Waals surface area contributed by atoms with Gasteiger partial charge in [-0.1, -0.05) is 20.8 Å². The number of carboxylic acids is 1. The first-order valence-corrected chi connectivity index (χ1v) is 5.68. The summed E-state index contributed by atoms with van der Waals surface area (Å²) >= 11 is 0. The van der Waals surface area contributed by atoms with E-state index in [0.717, 1.165) is 13.1 Å². The molecule has 0 fully saturated rings. The van der Waals surface area contributed by atoms with E-state index in [2.05, 4.69) is 0 Å². The number of aliphatic carboxylic acids is 1. The van der Waals surface area contributed by atoms with Crippen LogP contribution in [0, 0.1) is 0 Å². The van der Waals surface area contributed by atoms with Crippen LogP contribution in [0.2, 0.25) is 0 Å². The highest BCUT2D eigenvalue weighted by Gasteiger charge is 2.25. The molecule has 1 amide bonds. The Balaban J connectivity index is 4.56. The fourth-order valence-electron chi connectivity index (χ4n) is 1.79. The van der Waals surface area contributed by atoms with E-state index in [9.17, 15) is 9.59 Å². The fourth-order valence-corrected chi connectivity index (χ4v) is 1.79. The molecule has 0 spiro atoms. The molecule has 0 aromatic rings. The molecule has 0 rings (SSSR count). The van der Waals surface area contributed by atoms with Gasteiger partial charge in [-0.2, -0.15) is 0 Å². The van der Waals surface area contributed by atoms with Crippen LogP contribution < -0.4 is 0 Å². The summed E-state index contributed by atoms with van der Waals surface area (Å²) in [6, 6.07) is -0.209. The second-order valence-corrected chi connectivity index (χ2v) is 3.73. The molecule has 0 aliphatic carbocycles. The van der Waals surface area contributed by atoms with Gasteiger partial charge in [0, 0.05) is 7.05 Å². The van der Waals surface area contributed by atoms with Crippen LogP contribution in [0.25, 0.3) is 0 Å². The van der Waals surface area contributed by atoms with Crippen molar-refractivity contribution in [2.75, 3.05) is 26.7 Å². The molecule has 16 heavy (non-hydrogen) atoms. The molecule has 5 heteroatoms. The number of nitrogens with zero attached hydrogens (tertiary/aromatic N) is 2. The van der Waals surface area contributed by atoms with Crippen molar-refractivity contribution in [2.24, 2.45) is 0 Å². The molecule has 5 nitrogen and oxygen atoms in total. The molecule has 0 aromatic heterocycles. The predicted molar refractivity (Wildman–Crippen MR) is 62.3 cm³/mol. The highest BCUT2D eigenvalue weighted by atomic mass is 16.4. The van der Waals surface area contributed by atoms with Crippen LogP contribution in [-0.2, 0) is 9.59 Å². The zero-order valence-electron chi connectivity index (χ0n) is 10.6. The minimum absolute atomic E-state index is 0.117. The second kappa shape index (κ2) is 7.22. The van der Waals surface area contributed by atoms with Gasteiger partial charge in [-0.15, -0.1) is 0 Å². The lowest BCUT2D eigenvalue weighted by Gasteiger charge is -2.30. The molecule has 1 unspecified atom stereocenters. The van der Waals surface area contributed by atoms with Gasteiger partial charge in [0.15, 0.2) is 0 Å². The van der Waals surface area contributed by atoms with Gasteiger partial charge in [0.1, 0.15) is 6.54 Å². The van der Waals surface area contributed by atoms with Crippen molar-refractivity contribution in [1.29, 1.82) is 0 Å². The third kappa shape index (κ3) is 4.18. The van der Waals surface area contributed by atoms with Gasteiger partial charge < -0.3 is 10.0 Å². The lowest BCUT2D eigenvalue weighted by atomic mass is 10.1. The Hall–Kier alpha value is -1.10. The lowest BCUT2D eigenvalue weighted by molar-refractivity contribution is -0.145. The number of amides is 1. The van der Waals surface area contributed by atoms with Crippen LogP contribution in [0.15, 0.2) is 0 Å². The van der Waals surface area contributed by atoms with E-state index in [-0.39, 0.29) is 18.5 Å². The van der Waals surface area contributed by atoms with E-state index in [4.69, 9.17) is 5.11 Å². The van der Waals surface area contributed by atoms with Crippen molar-refractivity contribution in [1.82, 2.24) is 9.80 Å². The van der Waals surface area contributed by atoms with Gasteiger partial charge in [0.25, 0.3) is 0 Å². The molecule has 1 N–H and O–H groups in total. The van der Waals surface area contributed by atoms with Crippen LogP contribution >= 0.6 is 0 Å². The molecule has 0 bridgehead atoms. The predicted octanol–water partition coefficient (Wildman–Crippen LogP) is 0.650. The Morgan fingerprint density at radius 2 is 1.69 bits per heavy atom. The molecule has 0 saturated carbocycles. The fraction of sp³-hybridized carbons (Fsp3) is 0.818. The second-order valence-electron chi connectivity index (χ2n) is 3.73. The first-order valence-electron chi connectivity index (χ1n) is 5.68. The molecular formula is C11H22N2O3. The van der Waals surface area contributed by atoms with Crippen molar-refractivity contribution in [2.45, 2.75) is 33.2 Å². The Kier molecular flexibility index (Phi) is 6.72. The molecule has 0 saturated heterocycles. The number of carbonyl (C=O) groups is 2. The van der Waals surface area contributed by atoms with E-state index >= 15 is 0 Å². The Bertz CT molecular complexity index is 239. The molecule has 0 aromatic carbocycles. The summed E-state index contributed by atoms with van der Waals surface area (Å²) in [6.45, 7) is 7.28. The van der Waals surface area contributed by atoms with Gasteiger partial charge in [0.2, 0.25) is 5.91 Å². The topological polar surface area (TPSA) is 60.9 Å². The maximum atomic E-state index is 12.0. The van der Waals surface area contributed by atoms with E-state index in [1.54, 1.807) is 0 Å². The Labute approximate surface area is 97.0 Å². The summed E-state index contributed by atoms with van der Waals surface area (Å²) in [6.07, 6.45) is 0.699. The molecular weight excluding hydrogens is 208 g/mol. The van der Waals surface area contributed by atoms with E-state index in [1.807, 2.05) is 25.7 Å². The lowest BCUT2D eigenvalue weighted by Crippen LogP contribution is -2.48. The molecule has 94 valence electrons. The van der Waals surface area contributed by atoms with Gasteiger partial charge in [-0.25, -0.2) is 0 Å². The monoisotopic (exact) mass is 230 g/mol. The molecule has 0 heterocycles. The highest BCUT2D eigenvalue weighted by molar-refractivity contribution is 5.85. The smallest absolute Gasteiger partial charge is 0.323 e. The average Bonchev–Trinajstić information content (AvgIpc) is 2.23. The SMILES string of the molecule is CCC(C(=O)N(C)CC(=O)O)N(CC)CC. The highest BCUT2D eigenvalue weighted by Crippen LogP contribution is 2.07. The number of rotatable bonds is 7. The summed E-state index contributed by atoms with van der Waals surface area (Å²) in [5.74, 6) is -1.10. The number of carbonyl (C=O) groups excluding carboxylic acids is 1. The summed E-state index contributed by atoms with van der Waals surface area (Å²) in [7, 11) is 1.53. The van der Waals surface area contributed by atoms with Crippen molar-refractivity contribution in [3.8, 4) is 0 Å². The number of carboxylic acid groups (broad SMARTS) is 1. The zero-order chi connectivity index (χ0) is 12.7. The normalized spacial score (nSPS) is 12.6. The van der Waals surface area contributed by atoms with E-state index in [1.165, 1.54) is 11.9 Å². The maximum Gasteiger partial charge on any atom is 0.323 e. The summed E-state index contributed by atoms with van der Waals surface area (Å²) < 4.78 is 0. The van der Waals surface area contributed by atoms with E-state index in [0.29, 0.717) is 6.42 Å². The van der Waals surface area contributed by atoms with Crippen LogP contribution in [-0.4, -0.2) is 59.5 Å². The molecule has 0 radical (unpaired) electrons. The van der Waals surface area contributed by atoms with Gasteiger partial charge in [0.05, 0.1) is 6.04 Å². The van der Waals surface area contributed by atoms with Crippen molar-refractivity contribution < 1.29 is 14.7 Å². The maximum absolute atomic E-state index is 12.0. The largest absolute Gasteiger partial charge is 0.480 e. The molecule has 0 aliphatic heterocycles. The molecule has 1 atom stereocenters. The summed E-state index contributed by atoms with van der Waals surface area (Å²) in [5.41, 5.74) is 0. The summed E-state index contributed by atoms with van der Waals surface area (Å²) in [4.78, 5) is 25.8. The minimum Gasteiger partial charge on any atom is -0.480 e. The van der Waals surface area contributed by atoms with Gasteiger partial charge in [-0.05, 0) is 19.5 Å². The average molecular weight is 230 g/mol. The van der Waals surface area contributed by atoms with E-state index < -0.39 is 5.97 Å². The van der Waals surface area contributed by atoms with Crippen LogP contribution in [0.1, 0.15) is 27.2 Å². The van der Waals surface area contributed by atoms with Crippen LogP contribution in [0.4, 0.5) is 0 Å². The number of likely N-dealkylation sites (N-methyl/N-ethyl adjacent to an activating group) is 2. The first-order chi connectivity index (χ1) is 7.47. The molecule has 0 aliphatic rings. The number of hydrogen-bond donors (Lipinski definition) is 1. The number of hydrogen-bond acceptors (Lipinski definition) is 3. The zero-order valence-corrected chi connectivity index (χ0v) is 10.6. The van der Waals surface area contributed by atoms with Crippen molar-refractivity contribution >= 4 is 11.9 Å². The Morgan fingerprint density at radius 1 is 1.19 bits per heavy atom. The van der Waals surface area contributed by atoms with Crippen molar-refractivity contribution in [3.63, 3.8) is 0 Å². The quantitative estimate of drug-likeness (QED) is 0.697. The van der Waals surface area contributed by atoms with Crippen LogP contribution in [0.3, 0.4) is 0 Å². The van der Waals surface area contributed by atoms with Crippen LogP contribution in [0.5, 0.6) is 0 Å². The third-order valence-electron chi connectivity index (χ3n) is 2.67. The van der Waals surface area contributed by atoms with Crippen molar-refractivity contribution in [3.05, 3.63) is 0 Å². The van der Waals surface area contributed by atoms with Gasteiger partial charge in [-0.3, -0.25) is 14.5 Å². The van der Waals surface area contributed by atoms with Gasteiger partial charge >= 0.3 is 5.97 Å². The minimum atomic E-state index is -0.981. The Morgan fingerprint density at radius 3 is 2.00 bits per heavy atom. The standard InChI is InChI=1S/C11H22N2O3/c1-5-9(13(6-2)7-3)11(16)12(4)8-10(14)15/h9H,5-8H2,1-4H3,(H,14,15). The first kappa shape index (κ1) is 14.9. The third-order valence-corrected chi connectivity index (χ3v) is 2.67.